The van der Waals surface area contributed by atoms with Crippen LogP contribution < -0.4 is 5.62 Å². The standard InChI is InChI=1S/C14H13BrN4O/c1-18-11(13(20)19(2)14(18)16)6-8-7-17-10-5-3-4-9(15)12(8)10/h3-7,16,20H,1-2H3. The molecule has 3 rings (SSSR count). The maximum Gasteiger partial charge on any atom is 0.218 e. The van der Waals surface area contributed by atoms with Gasteiger partial charge in [-0.2, -0.15) is 0 Å². The number of benzene rings is 1. The third kappa shape index (κ3) is 1.76. The van der Waals surface area contributed by atoms with Gasteiger partial charge in [0.05, 0.1) is 5.69 Å². The number of aliphatic imine (C=N–C) groups is 1. The molecule has 0 unspecified atom stereocenters. The van der Waals surface area contributed by atoms with Gasteiger partial charge in [0.2, 0.25) is 11.5 Å². The van der Waals surface area contributed by atoms with Crippen LogP contribution in [-0.2, 0) is 14.1 Å². The third-order valence-electron chi connectivity index (χ3n) is 3.46. The average Bonchev–Trinajstić information content (AvgIpc) is 2.92. The summed E-state index contributed by atoms with van der Waals surface area (Å²) in [6.45, 7) is 0. The summed E-state index contributed by atoms with van der Waals surface area (Å²) < 4.78 is 4.02. The molecule has 0 saturated heterocycles. The van der Waals surface area contributed by atoms with Crippen LogP contribution in [0.3, 0.4) is 0 Å². The second-order valence-electron chi connectivity index (χ2n) is 4.64. The highest BCUT2D eigenvalue weighted by molar-refractivity contribution is 9.10. The Morgan fingerprint density at radius 2 is 2.05 bits per heavy atom. The zero-order chi connectivity index (χ0) is 14.4. The molecule has 0 atom stereocenters. The lowest BCUT2D eigenvalue weighted by Crippen LogP contribution is -2.20. The number of imidazole rings is 1. The Kier molecular flexibility index (Phi) is 2.90. The normalized spacial score (nSPS) is 15.1. The molecule has 0 saturated carbocycles. The molecule has 1 aromatic carbocycles. The molecule has 1 aromatic heterocycles. The second kappa shape index (κ2) is 4.49. The van der Waals surface area contributed by atoms with Gasteiger partial charge in [-0.3, -0.25) is 15.0 Å². The average molecular weight is 333 g/mol. The van der Waals surface area contributed by atoms with Gasteiger partial charge < -0.3 is 9.67 Å². The highest BCUT2D eigenvalue weighted by Crippen LogP contribution is 2.38. The molecule has 102 valence electrons. The summed E-state index contributed by atoms with van der Waals surface area (Å²) in [5.74, 6) is 0.0684. The Hall–Kier alpha value is -2.08. The van der Waals surface area contributed by atoms with Gasteiger partial charge in [0.1, 0.15) is 5.69 Å². The fourth-order valence-corrected chi connectivity index (χ4v) is 2.87. The molecule has 6 heteroatoms. The Morgan fingerprint density at radius 3 is 2.70 bits per heavy atom. The van der Waals surface area contributed by atoms with E-state index in [9.17, 15) is 5.11 Å². The first-order chi connectivity index (χ1) is 9.50. The van der Waals surface area contributed by atoms with Crippen molar-refractivity contribution in [2.45, 2.75) is 0 Å². The monoisotopic (exact) mass is 332 g/mol. The minimum absolute atomic E-state index is 0.0684. The summed E-state index contributed by atoms with van der Waals surface area (Å²) in [6, 6.07) is 5.84. The minimum Gasteiger partial charge on any atom is -0.493 e. The van der Waals surface area contributed by atoms with Crippen LogP contribution >= 0.6 is 15.9 Å². The Morgan fingerprint density at radius 1 is 1.30 bits per heavy atom. The van der Waals surface area contributed by atoms with E-state index in [2.05, 4.69) is 20.9 Å². The number of aromatic nitrogens is 2. The van der Waals surface area contributed by atoms with Crippen LogP contribution in [0.2, 0.25) is 0 Å². The summed E-state index contributed by atoms with van der Waals surface area (Å²) in [5.41, 5.74) is 3.63. The van der Waals surface area contributed by atoms with Crippen molar-refractivity contribution in [2.24, 2.45) is 19.1 Å². The van der Waals surface area contributed by atoms with Gasteiger partial charge in [-0.25, -0.2) is 0 Å². The van der Waals surface area contributed by atoms with Crippen molar-refractivity contribution in [3.05, 3.63) is 39.5 Å². The number of fused-ring (bicyclic) bond motifs is 1. The van der Waals surface area contributed by atoms with Crippen LogP contribution in [0.4, 0.5) is 5.69 Å². The number of rotatable bonds is 1. The SMILES string of the molecule is Cn1c(O)c(C=C2C=Nc3cccc(Br)c32)n(C)c1=N. The summed E-state index contributed by atoms with van der Waals surface area (Å²) in [5, 5.41) is 18.0. The van der Waals surface area contributed by atoms with E-state index in [1.165, 1.54) is 4.57 Å². The van der Waals surface area contributed by atoms with Crippen molar-refractivity contribution < 1.29 is 5.11 Å². The van der Waals surface area contributed by atoms with Crippen molar-refractivity contribution in [3.63, 3.8) is 0 Å². The van der Waals surface area contributed by atoms with Gasteiger partial charge in [-0.15, -0.1) is 0 Å². The molecular weight excluding hydrogens is 320 g/mol. The summed E-state index contributed by atoms with van der Waals surface area (Å²) in [4.78, 5) is 4.36. The molecule has 5 nitrogen and oxygen atoms in total. The Balaban J connectivity index is 2.21. The molecule has 20 heavy (non-hydrogen) atoms. The number of hydrogen-bond donors (Lipinski definition) is 2. The van der Waals surface area contributed by atoms with E-state index in [1.807, 2.05) is 24.3 Å². The van der Waals surface area contributed by atoms with Gasteiger partial charge in [-0.05, 0) is 18.2 Å². The quantitative estimate of drug-likeness (QED) is 0.828. The van der Waals surface area contributed by atoms with Crippen LogP contribution in [0.1, 0.15) is 11.3 Å². The number of halogens is 1. The number of aromatic hydroxyl groups is 1. The lowest BCUT2D eigenvalue weighted by molar-refractivity contribution is 0.427. The molecule has 2 heterocycles. The van der Waals surface area contributed by atoms with Gasteiger partial charge >= 0.3 is 0 Å². The van der Waals surface area contributed by atoms with Crippen LogP contribution in [-0.4, -0.2) is 20.5 Å². The molecule has 0 bridgehead atoms. The number of nitrogens with zero attached hydrogens (tertiary/aromatic N) is 3. The van der Waals surface area contributed by atoms with Gasteiger partial charge in [0, 0.05) is 35.9 Å². The van der Waals surface area contributed by atoms with E-state index in [1.54, 1.807) is 24.9 Å². The smallest absolute Gasteiger partial charge is 0.218 e. The largest absolute Gasteiger partial charge is 0.493 e. The van der Waals surface area contributed by atoms with E-state index in [0.29, 0.717) is 5.69 Å². The van der Waals surface area contributed by atoms with Crippen LogP contribution in [0, 0.1) is 5.41 Å². The first-order valence-corrected chi connectivity index (χ1v) is 6.84. The lowest BCUT2D eigenvalue weighted by atomic mass is 10.1. The zero-order valence-electron chi connectivity index (χ0n) is 11.1. The van der Waals surface area contributed by atoms with E-state index >= 15 is 0 Å². The fraction of sp³-hybridized carbons (Fsp3) is 0.143. The lowest BCUT2D eigenvalue weighted by Gasteiger charge is -2.03. The van der Waals surface area contributed by atoms with E-state index < -0.39 is 0 Å². The summed E-state index contributed by atoms with van der Waals surface area (Å²) >= 11 is 3.53. The van der Waals surface area contributed by atoms with Crippen molar-refractivity contribution in [1.29, 1.82) is 5.41 Å². The second-order valence-corrected chi connectivity index (χ2v) is 5.50. The Labute approximate surface area is 124 Å². The van der Waals surface area contributed by atoms with E-state index in [0.717, 1.165) is 21.3 Å². The van der Waals surface area contributed by atoms with Crippen molar-refractivity contribution >= 4 is 39.5 Å². The van der Waals surface area contributed by atoms with Crippen LogP contribution in [0.5, 0.6) is 5.88 Å². The van der Waals surface area contributed by atoms with Crippen LogP contribution in [0.15, 0.2) is 27.7 Å². The molecule has 0 fully saturated rings. The number of allylic oxidation sites excluding steroid dienone is 1. The topological polar surface area (TPSA) is 66.3 Å². The molecule has 0 amide bonds. The maximum atomic E-state index is 10.1. The van der Waals surface area contributed by atoms with E-state index in [4.69, 9.17) is 5.41 Å². The molecular formula is C14H13BrN4O. The first kappa shape index (κ1) is 12.9. The van der Waals surface area contributed by atoms with E-state index in [-0.39, 0.29) is 11.5 Å². The molecule has 0 aliphatic carbocycles. The predicted octanol–water partition coefficient (Wildman–Crippen LogP) is 2.57. The summed E-state index contributed by atoms with van der Waals surface area (Å²) in [7, 11) is 3.41. The molecule has 1 aliphatic rings. The number of hydrogen-bond acceptors (Lipinski definition) is 3. The number of nitrogens with one attached hydrogen (secondary N) is 1. The molecule has 1 aliphatic heterocycles. The third-order valence-corrected chi connectivity index (χ3v) is 4.12. The molecule has 2 N–H and O–H groups in total. The van der Waals surface area contributed by atoms with Crippen molar-refractivity contribution in [3.8, 4) is 5.88 Å². The molecule has 0 radical (unpaired) electrons. The highest BCUT2D eigenvalue weighted by atomic mass is 79.9. The highest BCUT2D eigenvalue weighted by Gasteiger charge is 2.18. The van der Waals surface area contributed by atoms with Gasteiger partial charge in [0.15, 0.2) is 0 Å². The molecule has 0 spiro atoms. The van der Waals surface area contributed by atoms with Crippen LogP contribution in [0.25, 0.3) is 11.6 Å². The van der Waals surface area contributed by atoms with Crippen molar-refractivity contribution in [1.82, 2.24) is 9.13 Å². The Bertz CT molecular complexity index is 826. The molecule has 2 aromatic rings. The first-order valence-electron chi connectivity index (χ1n) is 6.04. The fourth-order valence-electron chi connectivity index (χ4n) is 2.29. The minimum atomic E-state index is 0.0684. The predicted molar refractivity (Wildman–Crippen MR) is 82.1 cm³/mol. The maximum absolute atomic E-state index is 10.1. The zero-order valence-corrected chi connectivity index (χ0v) is 12.6. The van der Waals surface area contributed by atoms with Crippen molar-refractivity contribution in [2.75, 3.05) is 0 Å². The van der Waals surface area contributed by atoms with Gasteiger partial charge in [0.25, 0.3) is 0 Å². The van der Waals surface area contributed by atoms with Gasteiger partial charge in [-0.1, -0.05) is 22.0 Å². The summed E-state index contributed by atoms with van der Waals surface area (Å²) in [6.07, 6.45) is 3.61.